The Morgan fingerprint density at radius 3 is 2.33 bits per heavy atom. The highest BCUT2D eigenvalue weighted by atomic mass is 16.1. The highest BCUT2D eigenvalue weighted by molar-refractivity contribution is 5.74. The lowest BCUT2D eigenvalue weighted by Crippen LogP contribution is -3.26. The summed E-state index contributed by atoms with van der Waals surface area (Å²) in [5.74, 6) is 2.68. The lowest BCUT2D eigenvalue weighted by atomic mass is 9.08. The van der Waals surface area contributed by atoms with Crippen molar-refractivity contribution >= 4 is 6.29 Å². The van der Waals surface area contributed by atoms with Crippen molar-refractivity contribution in [2.24, 2.45) is 23.5 Å². The first-order valence-electron chi connectivity index (χ1n) is 6.86. The van der Waals surface area contributed by atoms with E-state index < -0.39 is 0 Å². The summed E-state index contributed by atoms with van der Waals surface area (Å²) in [6.07, 6.45) is 2.08. The molecule has 0 bridgehead atoms. The van der Waals surface area contributed by atoms with Gasteiger partial charge in [0.25, 0.3) is 0 Å². The third kappa shape index (κ3) is 0.491. The number of nitrogens with zero attached hydrogens (tertiary/aromatic N) is 1. The van der Waals surface area contributed by atoms with Crippen LogP contribution < -0.4 is 5.73 Å². The lowest BCUT2D eigenvalue weighted by Gasteiger charge is -3.11. The molecule has 1 aromatic rings. The summed E-state index contributed by atoms with van der Waals surface area (Å²) in [4.78, 5) is 13.3. The fourth-order valence-electron chi connectivity index (χ4n) is 6.45. The van der Waals surface area contributed by atoms with Crippen molar-refractivity contribution in [2.75, 3.05) is 0 Å². The van der Waals surface area contributed by atoms with Crippen molar-refractivity contribution in [3.8, 4) is 0 Å². The molecule has 3 saturated heterocycles. The van der Waals surface area contributed by atoms with E-state index in [0.717, 1.165) is 41.7 Å². The molecule has 4 unspecified atom stereocenters. The second kappa shape index (κ2) is 2.08. The SMILES string of the molecule is NC12C3C4C1N1C2C3C41Cc1ccc(C=O)cc1. The van der Waals surface area contributed by atoms with Gasteiger partial charge in [-0.25, -0.2) is 0 Å². The highest BCUT2D eigenvalue weighted by Gasteiger charge is 3.08. The van der Waals surface area contributed by atoms with Crippen LogP contribution >= 0.6 is 0 Å². The molecule has 4 atom stereocenters. The lowest BCUT2D eigenvalue weighted by molar-refractivity contribution is -0.598. The fraction of sp³-hybridized carbons (Fsp3) is 0.533. The summed E-state index contributed by atoms with van der Waals surface area (Å²) in [5.41, 5.74) is 9.31. The summed E-state index contributed by atoms with van der Waals surface area (Å²) in [6, 6.07) is 9.58. The quantitative estimate of drug-likeness (QED) is 0.777. The molecule has 3 heteroatoms. The molecule has 18 heavy (non-hydrogen) atoms. The largest absolute Gasteiger partial charge is 0.322 e. The molecular formula is C15H14N2O. The molecule has 7 rings (SSSR count). The Bertz CT molecular complexity index is 566. The smallest absolute Gasteiger partial charge is 0.150 e. The molecule has 6 fully saturated rings. The first kappa shape index (κ1) is 8.83. The number of aldehydes is 1. The third-order valence-electron chi connectivity index (χ3n) is 6.89. The summed E-state index contributed by atoms with van der Waals surface area (Å²) in [6.45, 7) is 0. The van der Waals surface area contributed by atoms with Gasteiger partial charge in [-0.05, 0) is 17.9 Å². The second-order valence-electron chi connectivity index (χ2n) is 6.90. The topological polar surface area (TPSA) is 46.3 Å². The molecule has 3 aliphatic carbocycles. The van der Waals surface area contributed by atoms with Gasteiger partial charge in [0, 0.05) is 35.0 Å². The molecule has 90 valence electrons. The molecule has 0 aromatic heterocycles. The van der Waals surface area contributed by atoms with Crippen molar-refractivity contribution in [1.82, 2.24) is 4.90 Å². The molecule has 2 N–H and O–H groups in total. The fourth-order valence-corrected chi connectivity index (χ4v) is 6.45. The highest BCUT2D eigenvalue weighted by Crippen LogP contribution is 2.95. The van der Waals surface area contributed by atoms with Crippen LogP contribution in [0.1, 0.15) is 15.9 Å². The molecule has 1 aromatic carbocycles. The van der Waals surface area contributed by atoms with Crippen molar-refractivity contribution in [3.63, 3.8) is 0 Å². The van der Waals surface area contributed by atoms with E-state index in [-0.39, 0.29) is 5.54 Å². The van der Waals surface area contributed by atoms with Gasteiger partial charge in [-0.2, -0.15) is 0 Å². The number of carbonyl (C=O) groups excluding carboxylic acids is 1. The Morgan fingerprint density at radius 2 is 1.83 bits per heavy atom. The Hall–Kier alpha value is -1.19. The predicted molar refractivity (Wildman–Crippen MR) is 65.1 cm³/mol. The first-order chi connectivity index (χ1) is 8.74. The average Bonchev–Trinajstić information content (AvgIpc) is 2.43. The van der Waals surface area contributed by atoms with Crippen LogP contribution in [0.3, 0.4) is 0 Å². The summed E-state index contributed by atoms with van der Waals surface area (Å²) in [5, 5.41) is 0. The molecule has 0 radical (unpaired) electrons. The van der Waals surface area contributed by atoms with E-state index in [0.29, 0.717) is 5.54 Å². The Balaban J connectivity index is 1.32. The number of hydrogen-bond acceptors (Lipinski definition) is 3. The molecule has 3 nitrogen and oxygen atoms in total. The summed E-state index contributed by atoms with van der Waals surface area (Å²) >= 11 is 0. The zero-order valence-electron chi connectivity index (χ0n) is 9.91. The molecule has 3 aliphatic heterocycles. The van der Waals surface area contributed by atoms with Crippen LogP contribution in [0.2, 0.25) is 0 Å². The van der Waals surface area contributed by atoms with E-state index >= 15 is 0 Å². The molecule has 6 aliphatic rings. The number of nitrogens with two attached hydrogens (primary N) is 1. The monoisotopic (exact) mass is 238 g/mol. The number of carbonyl (C=O) groups is 1. The standard InChI is InChI=1S/C15H14N2O/c16-15-9-10-12(15)17-13(15)11(9)14(10,17)5-7-1-3-8(6-18)4-2-7/h1-4,6,9-13H,5,16H2. The van der Waals surface area contributed by atoms with Crippen molar-refractivity contribution in [3.05, 3.63) is 35.4 Å². The van der Waals surface area contributed by atoms with Crippen molar-refractivity contribution in [2.45, 2.75) is 29.6 Å². The minimum atomic E-state index is 0.262. The van der Waals surface area contributed by atoms with Gasteiger partial charge < -0.3 is 5.73 Å². The van der Waals surface area contributed by atoms with Crippen LogP contribution in [0.5, 0.6) is 0 Å². The average molecular weight is 238 g/mol. The normalized spacial score (nSPS) is 59.5. The van der Waals surface area contributed by atoms with Crippen molar-refractivity contribution in [1.29, 1.82) is 0 Å². The van der Waals surface area contributed by atoms with Gasteiger partial charge in [-0.1, -0.05) is 24.3 Å². The molecular weight excluding hydrogens is 224 g/mol. The molecule has 0 spiro atoms. The number of hydrogen-bond donors (Lipinski definition) is 1. The van der Waals surface area contributed by atoms with Gasteiger partial charge in [-0.15, -0.1) is 0 Å². The van der Waals surface area contributed by atoms with Crippen molar-refractivity contribution < 1.29 is 4.79 Å². The molecule has 3 saturated carbocycles. The first-order valence-corrected chi connectivity index (χ1v) is 6.86. The van der Waals surface area contributed by atoms with E-state index in [1.165, 1.54) is 12.0 Å². The van der Waals surface area contributed by atoms with E-state index in [1.54, 1.807) is 0 Å². The van der Waals surface area contributed by atoms with Crippen LogP contribution in [0.15, 0.2) is 24.3 Å². The van der Waals surface area contributed by atoms with Gasteiger partial charge in [0.1, 0.15) is 6.29 Å². The maximum absolute atomic E-state index is 10.7. The number of rotatable bonds is 3. The van der Waals surface area contributed by atoms with Gasteiger partial charge in [0.05, 0.1) is 5.54 Å². The predicted octanol–water partition coefficient (Wildman–Crippen LogP) is 0.434. The van der Waals surface area contributed by atoms with Crippen LogP contribution in [-0.2, 0) is 6.42 Å². The zero-order valence-corrected chi connectivity index (χ0v) is 9.91. The Labute approximate surface area is 105 Å². The maximum Gasteiger partial charge on any atom is 0.150 e. The van der Waals surface area contributed by atoms with Crippen LogP contribution in [0.25, 0.3) is 0 Å². The van der Waals surface area contributed by atoms with Crippen LogP contribution in [-0.4, -0.2) is 34.3 Å². The van der Waals surface area contributed by atoms with E-state index in [1.807, 2.05) is 12.1 Å². The van der Waals surface area contributed by atoms with E-state index in [9.17, 15) is 4.79 Å². The molecule has 3 heterocycles. The second-order valence-corrected chi connectivity index (χ2v) is 6.90. The number of piperidine rings is 12. The molecule has 0 amide bonds. The van der Waals surface area contributed by atoms with Gasteiger partial charge in [-0.3, -0.25) is 9.69 Å². The van der Waals surface area contributed by atoms with Crippen LogP contribution in [0, 0.1) is 17.8 Å². The minimum absolute atomic E-state index is 0.262. The number of benzene rings is 1. The maximum atomic E-state index is 10.7. The van der Waals surface area contributed by atoms with E-state index in [4.69, 9.17) is 5.73 Å². The van der Waals surface area contributed by atoms with Gasteiger partial charge >= 0.3 is 0 Å². The Kier molecular flexibility index (Phi) is 1.02. The zero-order chi connectivity index (χ0) is 11.9. The van der Waals surface area contributed by atoms with Crippen LogP contribution in [0.4, 0.5) is 0 Å². The summed E-state index contributed by atoms with van der Waals surface area (Å²) in [7, 11) is 0. The minimum Gasteiger partial charge on any atom is -0.322 e. The summed E-state index contributed by atoms with van der Waals surface area (Å²) < 4.78 is 0. The third-order valence-corrected chi connectivity index (χ3v) is 6.89. The van der Waals surface area contributed by atoms with Gasteiger partial charge in [0.2, 0.25) is 0 Å². The van der Waals surface area contributed by atoms with Gasteiger partial charge in [0.15, 0.2) is 0 Å². The van der Waals surface area contributed by atoms with E-state index in [2.05, 4.69) is 17.0 Å². The Morgan fingerprint density at radius 1 is 1.17 bits per heavy atom.